The standard InChI is InChI=1S/C14H24N2O4/c17-12(14-11-3-7-19-10-6-16(11)14)1-2-13(18)15-4-8-20-9-5-15/h11-12,14,17H,1-10H2/p+1/t11-,12?,14?,16?/m1/s1. The molecule has 6 nitrogen and oxygen atoms in total. The lowest BCUT2D eigenvalue weighted by molar-refractivity contribution is -0.135. The van der Waals surface area contributed by atoms with Gasteiger partial charge in [0, 0.05) is 32.0 Å². The summed E-state index contributed by atoms with van der Waals surface area (Å²) in [4.78, 5) is 16.2. The summed E-state index contributed by atoms with van der Waals surface area (Å²) in [6.07, 6.45) is 1.70. The number of carbonyl (C=O) groups excluding carboxylic acids is 1. The van der Waals surface area contributed by atoms with Gasteiger partial charge in [-0.2, -0.15) is 0 Å². The number of ether oxygens (including phenoxy) is 2. The van der Waals surface area contributed by atoms with Gasteiger partial charge in [0.25, 0.3) is 0 Å². The molecule has 0 aromatic heterocycles. The summed E-state index contributed by atoms with van der Waals surface area (Å²) in [6, 6.07) is 0.762. The number of aliphatic hydroxyl groups excluding tert-OH is 1. The summed E-state index contributed by atoms with van der Waals surface area (Å²) in [5.74, 6) is 0.151. The van der Waals surface area contributed by atoms with Gasteiger partial charge in [0.1, 0.15) is 6.61 Å². The first-order chi connectivity index (χ1) is 9.77. The molecular formula is C14H25N2O4+. The summed E-state index contributed by atoms with van der Waals surface area (Å²) in [7, 11) is 0. The second-order valence-electron chi connectivity index (χ2n) is 5.85. The van der Waals surface area contributed by atoms with E-state index in [1.165, 1.54) is 0 Å². The minimum Gasteiger partial charge on any atom is -0.433 e. The normalized spacial score (nSPS) is 35.0. The third-order valence-corrected chi connectivity index (χ3v) is 4.62. The summed E-state index contributed by atoms with van der Waals surface area (Å²) in [6.45, 7) is 5.41. The van der Waals surface area contributed by atoms with E-state index in [2.05, 4.69) is 9.64 Å². The number of hydrogen-bond donors (Lipinski definition) is 1. The summed E-state index contributed by atoms with van der Waals surface area (Å²) < 4.78 is 9.63. The monoisotopic (exact) mass is 285 g/mol. The molecule has 3 aliphatic rings. The molecule has 0 aromatic carbocycles. The van der Waals surface area contributed by atoms with E-state index < -0.39 is 0 Å². The van der Waals surface area contributed by atoms with Crippen molar-refractivity contribution in [2.75, 3.05) is 46.1 Å². The number of aliphatic hydroxyl groups is 3. The molecule has 4 atom stereocenters. The molecule has 3 saturated heterocycles. The van der Waals surface area contributed by atoms with E-state index in [1.54, 1.807) is 0 Å². The molecule has 3 rings (SSSR count). The second kappa shape index (κ2) is 6.39. The van der Waals surface area contributed by atoms with Crippen LogP contribution in [-0.4, -0.2) is 89.8 Å². The Morgan fingerprint density at radius 2 is 2.10 bits per heavy atom. The zero-order valence-corrected chi connectivity index (χ0v) is 11.9. The zero-order chi connectivity index (χ0) is 13.9. The van der Waals surface area contributed by atoms with Crippen molar-refractivity contribution in [3.63, 3.8) is 0 Å². The average molecular weight is 285 g/mol. The van der Waals surface area contributed by atoms with Crippen LogP contribution >= 0.6 is 0 Å². The van der Waals surface area contributed by atoms with Crippen molar-refractivity contribution in [2.24, 2.45) is 0 Å². The maximum atomic E-state index is 12.0. The van der Waals surface area contributed by atoms with Crippen molar-refractivity contribution >= 4 is 5.91 Å². The number of nitrogens with zero attached hydrogens (tertiary/aromatic N) is 2. The van der Waals surface area contributed by atoms with Crippen LogP contribution in [-0.2, 0) is 9.53 Å². The molecule has 0 aliphatic carbocycles. The van der Waals surface area contributed by atoms with Gasteiger partial charge in [-0.05, 0) is 6.42 Å². The van der Waals surface area contributed by atoms with E-state index in [9.17, 15) is 9.90 Å². The lowest BCUT2D eigenvalue weighted by Gasteiger charge is -2.27. The molecule has 3 heterocycles. The number of fused-ring (bicyclic) bond motifs is 1. The topological polar surface area (TPSA) is 65.6 Å². The zero-order valence-electron chi connectivity index (χ0n) is 11.9. The molecule has 3 aliphatic heterocycles. The van der Waals surface area contributed by atoms with Gasteiger partial charge in [-0.25, -0.2) is 0 Å². The molecular weight excluding hydrogens is 260 g/mol. The van der Waals surface area contributed by atoms with Crippen LogP contribution in [0.4, 0.5) is 0 Å². The van der Waals surface area contributed by atoms with Gasteiger partial charge in [-0.3, -0.25) is 9.69 Å². The van der Waals surface area contributed by atoms with Crippen LogP contribution in [0.15, 0.2) is 0 Å². The van der Waals surface area contributed by atoms with E-state index in [4.69, 9.17) is 4.74 Å². The van der Waals surface area contributed by atoms with E-state index in [0.717, 1.165) is 26.2 Å². The number of hydrogen-bond acceptors (Lipinski definition) is 4. The lowest BCUT2D eigenvalue weighted by Crippen LogP contribution is -2.41. The minimum absolute atomic E-state index is 0.151. The van der Waals surface area contributed by atoms with Crippen LogP contribution in [0, 0.1) is 0 Å². The van der Waals surface area contributed by atoms with E-state index >= 15 is 0 Å². The van der Waals surface area contributed by atoms with Gasteiger partial charge in [-0.1, -0.05) is 0 Å². The number of morpholine rings is 1. The number of amides is 1. The Morgan fingerprint density at radius 3 is 2.90 bits per heavy atom. The average Bonchev–Trinajstić information content (AvgIpc) is 3.20. The number of carbonyl (C=O) groups is 1. The Morgan fingerprint density at radius 1 is 1.30 bits per heavy atom. The maximum Gasteiger partial charge on any atom is 0.222 e. The maximum absolute atomic E-state index is 12.0. The smallest absolute Gasteiger partial charge is 0.222 e. The molecule has 3 fully saturated rings. The summed E-state index contributed by atoms with van der Waals surface area (Å²) >= 11 is 0. The molecule has 20 heavy (non-hydrogen) atoms. The van der Waals surface area contributed by atoms with E-state index in [0.29, 0.717) is 45.2 Å². The first kappa shape index (κ1) is 14.3. The lowest BCUT2D eigenvalue weighted by atomic mass is 10.1. The molecule has 3 unspecified atom stereocenters. The predicted molar refractivity (Wildman–Crippen MR) is 73.5 cm³/mol. The van der Waals surface area contributed by atoms with Crippen molar-refractivity contribution < 1.29 is 19.4 Å². The van der Waals surface area contributed by atoms with Gasteiger partial charge in [0.15, 0.2) is 6.61 Å². The molecule has 0 saturated carbocycles. The van der Waals surface area contributed by atoms with Crippen LogP contribution in [0.2, 0.25) is 0 Å². The fourth-order valence-corrected chi connectivity index (χ4v) is 3.42. The molecule has 2 N–H and O–H groups in total. The highest BCUT2D eigenvalue weighted by molar-refractivity contribution is 5.76. The van der Waals surface area contributed by atoms with Crippen molar-refractivity contribution in [3.05, 3.63) is 0 Å². The van der Waals surface area contributed by atoms with Crippen LogP contribution in [0.25, 0.3) is 0 Å². The third-order valence-electron chi connectivity index (χ3n) is 4.62. The van der Waals surface area contributed by atoms with Gasteiger partial charge in [0.2, 0.25) is 5.91 Å². The van der Waals surface area contributed by atoms with Crippen LogP contribution in [0.1, 0.15) is 19.3 Å². The van der Waals surface area contributed by atoms with Gasteiger partial charge in [-0.15, -0.1) is 0 Å². The number of rotatable bonds is 4. The highest BCUT2D eigenvalue weighted by atomic mass is 16.5. The molecule has 0 radical (unpaired) electrons. The summed E-state index contributed by atoms with van der Waals surface area (Å²) in [5.41, 5.74) is 0. The van der Waals surface area contributed by atoms with Crippen LogP contribution in [0.5, 0.6) is 0 Å². The Balaban J connectivity index is 1.41. The first-order valence-corrected chi connectivity index (χ1v) is 7.70. The molecule has 0 spiro atoms. The second-order valence-corrected chi connectivity index (χ2v) is 5.85. The van der Waals surface area contributed by atoms with Crippen LogP contribution < -0.4 is 0 Å². The van der Waals surface area contributed by atoms with Gasteiger partial charge >= 0.3 is 0 Å². The Hall–Kier alpha value is -0.690. The molecule has 1 amide bonds. The molecule has 6 heteroatoms. The highest BCUT2D eigenvalue weighted by Crippen LogP contribution is 2.35. The van der Waals surface area contributed by atoms with Gasteiger partial charge < -0.3 is 19.5 Å². The fourth-order valence-electron chi connectivity index (χ4n) is 3.42. The van der Waals surface area contributed by atoms with Crippen molar-refractivity contribution in [1.29, 1.82) is 0 Å². The largest absolute Gasteiger partial charge is 0.433 e. The van der Waals surface area contributed by atoms with E-state index in [1.807, 2.05) is 4.90 Å². The quantitative estimate of drug-likeness (QED) is 0.530. The van der Waals surface area contributed by atoms with Gasteiger partial charge in [0.05, 0.1) is 31.9 Å². The molecule has 114 valence electrons. The highest BCUT2D eigenvalue weighted by Gasteiger charge is 2.52. The SMILES string of the molecule is O=C(CCC(O)C1[C@H]2CC[OH+]CCN12)N1CCOCC1. The Bertz CT molecular complexity index is 334. The molecule has 0 bridgehead atoms. The Kier molecular flexibility index (Phi) is 4.55. The third kappa shape index (κ3) is 3.14. The fraction of sp³-hybridized carbons (Fsp3) is 0.929. The predicted octanol–water partition coefficient (Wildman–Crippen LogP) is -1.03. The molecule has 0 aromatic rings. The van der Waals surface area contributed by atoms with E-state index in [-0.39, 0.29) is 18.1 Å². The van der Waals surface area contributed by atoms with Crippen molar-refractivity contribution in [1.82, 2.24) is 9.80 Å². The van der Waals surface area contributed by atoms with Crippen molar-refractivity contribution in [3.8, 4) is 0 Å². The summed E-state index contributed by atoms with van der Waals surface area (Å²) in [5, 5.41) is 10.3. The Labute approximate surface area is 119 Å². The minimum atomic E-state index is -0.372. The van der Waals surface area contributed by atoms with Crippen molar-refractivity contribution in [2.45, 2.75) is 37.5 Å². The van der Waals surface area contributed by atoms with Crippen LogP contribution in [0.3, 0.4) is 0 Å². The first-order valence-electron chi connectivity index (χ1n) is 7.70.